The minimum Gasteiger partial charge on any atom is -0.497 e. The lowest BCUT2D eigenvalue weighted by atomic mass is 10.1. The average molecular weight is 281 g/mol. The van der Waals surface area contributed by atoms with Gasteiger partial charge in [0.25, 0.3) is 0 Å². The first-order valence-corrected chi connectivity index (χ1v) is 6.05. The summed E-state index contributed by atoms with van der Waals surface area (Å²) in [5, 5.41) is 3.16. The quantitative estimate of drug-likeness (QED) is 0.831. The highest BCUT2D eigenvalue weighted by Crippen LogP contribution is 2.31. The van der Waals surface area contributed by atoms with Crippen molar-refractivity contribution >= 4 is 28.7 Å². The summed E-state index contributed by atoms with van der Waals surface area (Å²) in [6.45, 7) is 1.94. The Morgan fingerprint density at radius 1 is 1.21 bits per heavy atom. The molecule has 0 spiro atoms. The summed E-state index contributed by atoms with van der Waals surface area (Å²) in [6.07, 6.45) is 0. The van der Waals surface area contributed by atoms with Crippen molar-refractivity contribution in [2.75, 3.05) is 18.2 Å². The van der Waals surface area contributed by atoms with Crippen molar-refractivity contribution in [3.8, 4) is 5.75 Å². The molecule has 0 saturated heterocycles. The van der Waals surface area contributed by atoms with E-state index in [1.807, 2.05) is 25.1 Å². The zero-order valence-corrected chi connectivity index (χ0v) is 11.4. The largest absolute Gasteiger partial charge is 0.497 e. The molecule has 2 rings (SSSR count). The lowest BCUT2D eigenvalue weighted by Crippen LogP contribution is -1.99. The Balaban J connectivity index is 2.33. The summed E-state index contributed by atoms with van der Waals surface area (Å²) in [7, 11) is 1.61. The summed E-state index contributed by atoms with van der Waals surface area (Å²) < 4.78 is 18.4. The van der Waals surface area contributed by atoms with Gasteiger partial charge in [-0.05, 0) is 36.8 Å². The van der Waals surface area contributed by atoms with Crippen LogP contribution in [0.1, 0.15) is 5.56 Å². The predicted octanol–water partition coefficient (Wildman–Crippen LogP) is 4.12. The van der Waals surface area contributed by atoms with Gasteiger partial charge < -0.3 is 15.8 Å². The van der Waals surface area contributed by atoms with E-state index in [0.29, 0.717) is 11.4 Å². The van der Waals surface area contributed by atoms with Gasteiger partial charge in [-0.25, -0.2) is 4.39 Å². The summed E-state index contributed by atoms with van der Waals surface area (Å²) in [4.78, 5) is 0. The van der Waals surface area contributed by atoms with Crippen LogP contribution in [0.3, 0.4) is 0 Å². The van der Waals surface area contributed by atoms with Crippen molar-refractivity contribution in [1.82, 2.24) is 0 Å². The van der Waals surface area contributed by atoms with Crippen molar-refractivity contribution < 1.29 is 9.13 Å². The number of nitrogens with two attached hydrogens (primary N) is 1. The van der Waals surface area contributed by atoms with Crippen molar-refractivity contribution in [2.24, 2.45) is 0 Å². The number of nitrogen functional groups attached to an aromatic ring is 1. The molecule has 3 N–H and O–H groups in total. The number of hydrogen-bond donors (Lipinski definition) is 2. The number of aryl methyl sites for hydroxylation is 1. The molecule has 0 bridgehead atoms. The third kappa shape index (κ3) is 2.90. The third-order valence-electron chi connectivity index (χ3n) is 2.80. The molecule has 0 atom stereocenters. The summed E-state index contributed by atoms with van der Waals surface area (Å²) in [5.74, 6) is 0.240. The Morgan fingerprint density at radius 3 is 2.58 bits per heavy atom. The van der Waals surface area contributed by atoms with Gasteiger partial charge in [-0.3, -0.25) is 0 Å². The molecule has 5 heteroatoms. The smallest absolute Gasteiger partial charge is 0.143 e. The Bertz CT molecular complexity index is 617. The molecule has 0 amide bonds. The number of rotatable bonds is 3. The topological polar surface area (TPSA) is 47.3 Å². The number of hydrogen-bond acceptors (Lipinski definition) is 3. The van der Waals surface area contributed by atoms with E-state index in [4.69, 9.17) is 22.1 Å². The van der Waals surface area contributed by atoms with Crippen LogP contribution < -0.4 is 15.8 Å². The molecule has 0 fully saturated rings. The van der Waals surface area contributed by atoms with E-state index in [9.17, 15) is 4.39 Å². The van der Waals surface area contributed by atoms with E-state index in [2.05, 4.69) is 5.32 Å². The molecule has 0 aliphatic rings. The zero-order chi connectivity index (χ0) is 14.0. The molecule has 2 aromatic rings. The second kappa shape index (κ2) is 5.36. The minimum absolute atomic E-state index is 0.0304. The molecule has 0 aliphatic carbocycles. The van der Waals surface area contributed by atoms with E-state index < -0.39 is 5.82 Å². The zero-order valence-electron chi connectivity index (χ0n) is 10.6. The average Bonchev–Trinajstić information content (AvgIpc) is 2.38. The maximum absolute atomic E-state index is 13.2. The Kier molecular flexibility index (Phi) is 3.81. The normalized spacial score (nSPS) is 10.3. The van der Waals surface area contributed by atoms with Gasteiger partial charge in [0.05, 0.1) is 23.5 Å². The van der Waals surface area contributed by atoms with Crippen LogP contribution in [0.4, 0.5) is 21.5 Å². The standard InChI is InChI=1S/C14H14ClFN2O/c1-8-5-9(19-2)3-4-13(8)18-14-6-10(15)11(16)7-12(14)17/h3-7,18H,17H2,1-2H3. The number of methoxy groups -OCH3 is 1. The van der Waals surface area contributed by atoms with Gasteiger partial charge >= 0.3 is 0 Å². The first-order valence-electron chi connectivity index (χ1n) is 5.67. The van der Waals surface area contributed by atoms with Crippen LogP contribution in [0.25, 0.3) is 0 Å². The molecular formula is C14H14ClFN2O. The highest BCUT2D eigenvalue weighted by Gasteiger charge is 2.08. The van der Waals surface area contributed by atoms with Crippen LogP contribution >= 0.6 is 11.6 Å². The number of nitrogens with one attached hydrogen (secondary N) is 1. The van der Waals surface area contributed by atoms with Crippen LogP contribution in [0.15, 0.2) is 30.3 Å². The van der Waals surface area contributed by atoms with Crippen molar-refractivity contribution in [1.29, 1.82) is 0 Å². The Labute approximate surface area is 116 Å². The molecule has 0 unspecified atom stereocenters. The second-order valence-corrected chi connectivity index (χ2v) is 4.57. The molecule has 0 heterocycles. The number of ether oxygens (including phenoxy) is 1. The van der Waals surface area contributed by atoms with Gasteiger partial charge in [0.1, 0.15) is 11.6 Å². The van der Waals surface area contributed by atoms with E-state index in [0.717, 1.165) is 17.0 Å². The molecule has 19 heavy (non-hydrogen) atoms. The van der Waals surface area contributed by atoms with Gasteiger partial charge in [-0.15, -0.1) is 0 Å². The van der Waals surface area contributed by atoms with E-state index in [1.165, 1.54) is 12.1 Å². The fourth-order valence-electron chi connectivity index (χ4n) is 1.72. The van der Waals surface area contributed by atoms with Crippen LogP contribution in [-0.4, -0.2) is 7.11 Å². The SMILES string of the molecule is COc1ccc(Nc2cc(Cl)c(F)cc2N)c(C)c1. The minimum atomic E-state index is -0.531. The monoisotopic (exact) mass is 280 g/mol. The number of anilines is 3. The number of halogens is 2. The van der Waals surface area contributed by atoms with E-state index in [1.54, 1.807) is 7.11 Å². The molecule has 2 aromatic carbocycles. The van der Waals surface area contributed by atoms with Crippen LogP contribution in [0.5, 0.6) is 5.75 Å². The van der Waals surface area contributed by atoms with E-state index >= 15 is 0 Å². The van der Waals surface area contributed by atoms with Crippen molar-refractivity contribution in [2.45, 2.75) is 6.92 Å². The molecule has 0 aromatic heterocycles. The summed E-state index contributed by atoms with van der Waals surface area (Å²) in [5.41, 5.74) is 8.47. The van der Waals surface area contributed by atoms with Gasteiger partial charge in [-0.1, -0.05) is 11.6 Å². The highest BCUT2D eigenvalue weighted by atomic mass is 35.5. The molecule has 3 nitrogen and oxygen atoms in total. The number of benzene rings is 2. The van der Waals surface area contributed by atoms with Crippen molar-refractivity contribution in [3.63, 3.8) is 0 Å². The highest BCUT2D eigenvalue weighted by molar-refractivity contribution is 6.31. The van der Waals surface area contributed by atoms with Gasteiger partial charge in [0, 0.05) is 11.8 Å². The van der Waals surface area contributed by atoms with Gasteiger partial charge in [-0.2, -0.15) is 0 Å². The van der Waals surface area contributed by atoms with Crippen LogP contribution in [0.2, 0.25) is 5.02 Å². The Hall–Kier alpha value is -1.94. The molecule has 0 aliphatic heterocycles. The van der Waals surface area contributed by atoms with Crippen molar-refractivity contribution in [3.05, 3.63) is 46.7 Å². The maximum atomic E-state index is 13.2. The lowest BCUT2D eigenvalue weighted by Gasteiger charge is -2.13. The van der Waals surface area contributed by atoms with Crippen LogP contribution in [-0.2, 0) is 0 Å². The van der Waals surface area contributed by atoms with Crippen LogP contribution in [0, 0.1) is 12.7 Å². The fourth-order valence-corrected chi connectivity index (χ4v) is 1.88. The van der Waals surface area contributed by atoms with E-state index in [-0.39, 0.29) is 5.02 Å². The van der Waals surface area contributed by atoms with Gasteiger partial charge in [0.2, 0.25) is 0 Å². The molecule has 100 valence electrons. The lowest BCUT2D eigenvalue weighted by molar-refractivity contribution is 0.414. The Morgan fingerprint density at radius 2 is 1.95 bits per heavy atom. The summed E-state index contributed by atoms with van der Waals surface area (Å²) in [6, 6.07) is 8.25. The molecule has 0 saturated carbocycles. The summed E-state index contributed by atoms with van der Waals surface area (Å²) >= 11 is 5.75. The maximum Gasteiger partial charge on any atom is 0.143 e. The fraction of sp³-hybridized carbons (Fsp3) is 0.143. The van der Waals surface area contributed by atoms with Gasteiger partial charge in [0.15, 0.2) is 0 Å². The first kappa shape index (κ1) is 13.5. The molecule has 0 radical (unpaired) electrons. The second-order valence-electron chi connectivity index (χ2n) is 4.16. The third-order valence-corrected chi connectivity index (χ3v) is 3.09. The predicted molar refractivity (Wildman–Crippen MR) is 76.8 cm³/mol. The molecular weight excluding hydrogens is 267 g/mol. The first-order chi connectivity index (χ1) is 9.01.